The van der Waals surface area contributed by atoms with Crippen LogP contribution in [0.1, 0.15) is 18.1 Å². The maximum Gasteiger partial charge on any atom is 0.334 e. The van der Waals surface area contributed by atoms with Crippen molar-refractivity contribution in [2.45, 2.75) is 13.3 Å². The Balaban J connectivity index is 2.95. The van der Waals surface area contributed by atoms with Gasteiger partial charge in [0.05, 0.1) is 13.2 Å². The van der Waals surface area contributed by atoms with Crippen molar-refractivity contribution in [3.8, 4) is 0 Å². The van der Waals surface area contributed by atoms with Gasteiger partial charge in [-0.2, -0.15) is 0 Å². The summed E-state index contributed by atoms with van der Waals surface area (Å²) in [6.45, 7) is 1.99. The summed E-state index contributed by atoms with van der Waals surface area (Å²) in [5.41, 5.74) is 1.51. The fourth-order valence-electron chi connectivity index (χ4n) is 1.07. The van der Waals surface area contributed by atoms with Gasteiger partial charge in [-0.1, -0.05) is 6.92 Å². The summed E-state index contributed by atoms with van der Waals surface area (Å²) >= 11 is 0. The number of rotatable bonds is 3. The molecule has 1 aromatic rings. The molecular weight excluding hydrogens is 194 g/mol. The van der Waals surface area contributed by atoms with E-state index >= 15 is 0 Å². The number of nitrogens with zero attached hydrogens (tertiary/aromatic N) is 1. The second-order valence-electron chi connectivity index (χ2n) is 2.99. The van der Waals surface area contributed by atoms with Crippen LogP contribution in [-0.4, -0.2) is 23.2 Å². The van der Waals surface area contributed by atoms with Crippen LogP contribution in [0.3, 0.4) is 0 Å². The van der Waals surface area contributed by atoms with E-state index in [4.69, 9.17) is 0 Å². The molecule has 0 saturated carbocycles. The summed E-state index contributed by atoms with van der Waals surface area (Å²) < 4.78 is 4.40. The first-order chi connectivity index (χ1) is 7.17. The molecule has 0 aliphatic carbocycles. The van der Waals surface area contributed by atoms with Crippen LogP contribution in [0.25, 0.3) is 5.76 Å². The average Bonchev–Trinajstić information content (AvgIpc) is 2.28. The molecule has 4 heteroatoms. The fraction of sp³-hybridized carbons (Fsp3) is 0.273. The molecule has 0 spiro atoms. The minimum Gasteiger partial charge on any atom is -0.507 e. The van der Waals surface area contributed by atoms with Crippen LogP contribution in [-0.2, 0) is 16.0 Å². The highest BCUT2D eigenvalue weighted by Gasteiger charge is 2.03. The summed E-state index contributed by atoms with van der Waals surface area (Å²) in [5.74, 6) is -0.723. The summed E-state index contributed by atoms with van der Waals surface area (Å²) in [5, 5.41) is 9.56. The van der Waals surface area contributed by atoms with Crippen LogP contribution in [0, 0.1) is 0 Å². The fourth-order valence-corrected chi connectivity index (χ4v) is 1.07. The van der Waals surface area contributed by atoms with Crippen molar-refractivity contribution in [2.24, 2.45) is 0 Å². The van der Waals surface area contributed by atoms with Gasteiger partial charge in [-0.15, -0.1) is 0 Å². The Morgan fingerprint density at radius 1 is 1.60 bits per heavy atom. The largest absolute Gasteiger partial charge is 0.507 e. The number of aromatic nitrogens is 1. The van der Waals surface area contributed by atoms with Crippen molar-refractivity contribution >= 4 is 11.7 Å². The van der Waals surface area contributed by atoms with Gasteiger partial charge in [0, 0.05) is 18.0 Å². The molecule has 0 radical (unpaired) electrons. The van der Waals surface area contributed by atoms with E-state index in [9.17, 15) is 9.90 Å². The monoisotopic (exact) mass is 207 g/mol. The Morgan fingerprint density at radius 3 is 2.93 bits per heavy atom. The van der Waals surface area contributed by atoms with Crippen molar-refractivity contribution in [1.29, 1.82) is 0 Å². The zero-order valence-electron chi connectivity index (χ0n) is 8.73. The number of aryl methyl sites for hydroxylation is 1. The van der Waals surface area contributed by atoms with E-state index in [2.05, 4.69) is 9.72 Å². The number of aliphatic hydroxyl groups is 1. The number of esters is 1. The molecule has 0 saturated heterocycles. The van der Waals surface area contributed by atoms with Gasteiger partial charge in [-0.05, 0) is 18.1 Å². The van der Waals surface area contributed by atoms with Crippen molar-refractivity contribution in [3.05, 3.63) is 35.7 Å². The normalized spacial score (nSPS) is 11.2. The lowest BCUT2D eigenvalue weighted by molar-refractivity contribution is -0.134. The topological polar surface area (TPSA) is 59.4 Å². The van der Waals surface area contributed by atoms with Gasteiger partial charge in [-0.25, -0.2) is 4.79 Å². The first-order valence-electron chi connectivity index (χ1n) is 4.60. The molecule has 4 nitrogen and oxygen atoms in total. The lowest BCUT2D eigenvalue weighted by Gasteiger charge is -2.01. The molecule has 15 heavy (non-hydrogen) atoms. The van der Waals surface area contributed by atoms with Gasteiger partial charge >= 0.3 is 5.97 Å². The molecule has 0 amide bonds. The van der Waals surface area contributed by atoms with E-state index in [1.807, 2.05) is 6.92 Å². The summed E-state index contributed by atoms with van der Waals surface area (Å²) in [6.07, 6.45) is 5.06. The number of aliphatic hydroxyl groups excluding tert-OH is 1. The van der Waals surface area contributed by atoms with Crippen LogP contribution in [0.4, 0.5) is 0 Å². The smallest absolute Gasteiger partial charge is 0.334 e. The third-order valence-electron chi connectivity index (χ3n) is 1.95. The van der Waals surface area contributed by atoms with Crippen molar-refractivity contribution in [3.63, 3.8) is 0 Å². The third kappa shape index (κ3) is 3.09. The number of ether oxygens (including phenoxy) is 1. The second kappa shape index (κ2) is 5.14. The molecule has 0 aromatic carbocycles. The van der Waals surface area contributed by atoms with Gasteiger partial charge in [0.25, 0.3) is 0 Å². The lowest BCUT2D eigenvalue weighted by atomic mass is 10.1. The van der Waals surface area contributed by atoms with E-state index in [0.717, 1.165) is 18.1 Å². The maximum atomic E-state index is 10.9. The summed E-state index contributed by atoms with van der Waals surface area (Å²) in [7, 11) is 1.26. The molecule has 0 unspecified atom stereocenters. The Hall–Kier alpha value is -1.84. The highest BCUT2D eigenvalue weighted by molar-refractivity contribution is 5.89. The number of carbonyl (C=O) groups is 1. The number of hydrogen-bond donors (Lipinski definition) is 1. The molecule has 80 valence electrons. The predicted molar refractivity (Wildman–Crippen MR) is 56.2 cm³/mol. The van der Waals surface area contributed by atoms with Gasteiger partial charge < -0.3 is 9.84 Å². The van der Waals surface area contributed by atoms with Crippen LogP contribution in [0.5, 0.6) is 0 Å². The molecule has 0 atom stereocenters. The molecule has 0 bridgehead atoms. The minimum atomic E-state index is -0.589. The molecule has 0 fully saturated rings. The van der Waals surface area contributed by atoms with E-state index in [0.29, 0.717) is 5.56 Å². The van der Waals surface area contributed by atoms with Crippen LogP contribution >= 0.6 is 0 Å². The summed E-state index contributed by atoms with van der Waals surface area (Å²) in [4.78, 5) is 14.8. The van der Waals surface area contributed by atoms with Crippen LogP contribution in [0.15, 0.2) is 24.5 Å². The standard InChI is InChI=1S/C11H13NO3/c1-3-8-4-9(7-12-6-8)10(13)5-11(14)15-2/h4-7,13H,3H2,1-2H3/b10-5-. The van der Waals surface area contributed by atoms with E-state index < -0.39 is 5.97 Å². The molecule has 1 aromatic heterocycles. The van der Waals surface area contributed by atoms with E-state index in [1.165, 1.54) is 13.3 Å². The quantitative estimate of drug-likeness (QED) is 0.465. The third-order valence-corrected chi connectivity index (χ3v) is 1.95. The molecule has 0 aliphatic rings. The number of pyridine rings is 1. The van der Waals surface area contributed by atoms with Gasteiger partial charge in [0.2, 0.25) is 0 Å². The molecule has 0 aliphatic heterocycles. The Labute approximate surface area is 88.2 Å². The van der Waals surface area contributed by atoms with Crippen LogP contribution in [0.2, 0.25) is 0 Å². The van der Waals surface area contributed by atoms with Crippen molar-refractivity contribution in [1.82, 2.24) is 4.98 Å². The van der Waals surface area contributed by atoms with Crippen LogP contribution < -0.4 is 0 Å². The Bertz CT molecular complexity index is 385. The molecule has 1 N–H and O–H groups in total. The minimum absolute atomic E-state index is 0.135. The zero-order chi connectivity index (χ0) is 11.3. The highest BCUT2D eigenvalue weighted by Crippen LogP contribution is 2.12. The van der Waals surface area contributed by atoms with E-state index in [-0.39, 0.29) is 5.76 Å². The molecular formula is C11H13NO3. The first-order valence-corrected chi connectivity index (χ1v) is 4.60. The van der Waals surface area contributed by atoms with Gasteiger partial charge in [0.15, 0.2) is 0 Å². The zero-order valence-corrected chi connectivity index (χ0v) is 8.73. The Kier molecular flexibility index (Phi) is 3.85. The average molecular weight is 207 g/mol. The summed E-state index contributed by atoms with van der Waals surface area (Å²) in [6, 6.07) is 1.78. The predicted octanol–water partition coefficient (Wildman–Crippen LogP) is 1.72. The molecule has 1 rings (SSSR count). The number of methoxy groups -OCH3 is 1. The number of hydrogen-bond acceptors (Lipinski definition) is 4. The molecule has 1 heterocycles. The first kappa shape index (κ1) is 11.2. The van der Waals surface area contributed by atoms with Crippen molar-refractivity contribution < 1.29 is 14.6 Å². The van der Waals surface area contributed by atoms with Gasteiger partial charge in [-0.3, -0.25) is 4.98 Å². The second-order valence-corrected chi connectivity index (χ2v) is 2.99. The number of carbonyl (C=O) groups excluding carboxylic acids is 1. The van der Waals surface area contributed by atoms with Crippen molar-refractivity contribution in [2.75, 3.05) is 7.11 Å². The lowest BCUT2D eigenvalue weighted by Crippen LogP contribution is -1.97. The maximum absolute atomic E-state index is 10.9. The highest BCUT2D eigenvalue weighted by atomic mass is 16.5. The van der Waals surface area contributed by atoms with Gasteiger partial charge in [0.1, 0.15) is 5.76 Å². The SMILES string of the molecule is CCc1cncc(/C(O)=C/C(=O)OC)c1. The Morgan fingerprint density at radius 2 is 2.33 bits per heavy atom. The van der Waals surface area contributed by atoms with E-state index in [1.54, 1.807) is 12.3 Å².